The number of sulfone groups is 1. The van der Waals surface area contributed by atoms with Crippen LogP contribution in [0.3, 0.4) is 0 Å². The molecule has 4 rings (SSSR count). The SMILES string of the molecule is CCS(=O)(=O)CCCOc1cc(C)c(-c2cccc(OCc3ccc4c(c3)OCC4CC(=O)O)n2)c(C)c1. The zero-order valence-corrected chi connectivity index (χ0v) is 22.7. The van der Waals surface area contributed by atoms with Crippen LogP contribution in [0, 0.1) is 13.8 Å². The maximum atomic E-state index is 11.7. The third-order valence-electron chi connectivity index (χ3n) is 6.56. The summed E-state index contributed by atoms with van der Waals surface area (Å²) in [5.41, 5.74) is 5.60. The minimum absolute atomic E-state index is 0.0504. The Balaban J connectivity index is 1.40. The van der Waals surface area contributed by atoms with Gasteiger partial charge in [0.2, 0.25) is 5.88 Å². The summed E-state index contributed by atoms with van der Waals surface area (Å²) in [5.74, 6) is 1.21. The van der Waals surface area contributed by atoms with Gasteiger partial charge in [-0.25, -0.2) is 13.4 Å². The molecule has 2 heterocycles. The molecule has 1 aliphatic rings. The highest BCUT2D eigenvalue weighted by Crippen LogP contribution is 2.37. The molecule has 0 amide bonds. The molecule has 1 aliphatic heterocycles. The van der Waals surface area contributed by atoms with Crippen LogP contribution in [0.15, 0.2) is 48.5 Å². The van der Waals surface area contributed by atoms with E-state index in [1.807, 2.05) is 62.4 Å². The van der Waals surface area contributed by atoms with Gasteiger partial charge in [0.25, 0.3) is 0 Å². The van der Waals surface area contributed by atoms with E-state index in [0.717, 1.165) is 33.5 Å². The predicted molar refractivity (Wildman–Crippen MR) is 145 cm³/mol. The number of nitrogens with zero attached hydrogens (tertiary/aromatic N) is 1. The van der Waals surface area contributed by atoms with Crippen LogP contribution in [-0.4, -0.2) is 49.2 Å². The lowest BCUT2D eigenvalue weighted by atomic mass is 9.97. The number of carboxylic acids is 1. The lowest BCUT2D eigenvalue weighted by Gasteiger charge is -2.14. The van der Waals surface area contributed by atoms with Gasteiger partial charge in [-0.15, -0.1) is 0 Å². The average Bonchev–Trinajstić information content (AvgIpc) is 3.26. The van der Waals surface area contributed by atoms with Gasteiger partial charge in [-0.3, -0.25) is 4.79 Å². The number of aryl methyl sites for hydroxylation is 2. The van der Waals surface area contributed by atoms with Crippen molar-refractivity contribution in [3.8, 4) is 28.6 Å². The summed E-state index contributed by atoms with van der Waals surface area (Å²) in [6, 6.07) is 15.3. The monoisotopic (exact) mass is 539 g/mol. The Labute approximate surface area is 223 Å². The van der Waals surface area contributed by atoms with Crippen LogP contribution >= 0.6 is 0 Å². The summed E-state index contributed by atoms with van der Waals surface area (Å²) in [6.07, 6.45) is 0.505. The molecule has 0 fully saturated rings. The van der Waals surface area contributed by atoms with Gasteiger partial charge in [-0.1, -0.05) is 25.1 Å². The fourth-order valence-electron chi connectivity index (χ4n) is 4.61. The van der Waals surface area contributed by atoms with Gasteiger partial charge in [0, 0.05) is 28.9 Å². The third-order valence-corrected chi connectivity index (χ3v) is 8.35. The van der Waals surface area contributed by atoms with Gasteiger partial charge in [0.05, 0.1) is 31.1 Å². The number of fused-ring (bicyclic) bond motifs is 1. The molecule has 1 atom stereocenters. The molecule has 1 unspecified atom stereocenters. The quantitative estimate of drug-likeness (QED) is 0.317. The number of aliphatic carboxylic acids is 1. The number of benzene rings is 2. The van der Waals surface area contributed by atoms with Gasteiger partial charge >= 0.3 is 5.97 Å². The standard InChI is InChI=1S/C29H33NO7S/c1-4-38(33,34)12-6-11-35-23-13-19(2)29(20(3)14-23)25-7-5-8-27(30-25)37-17-21-9-10-24-22(16-28(31)32)18-36-26(24)15-21/h5,7-10,13-15,22H,4,6,11-12,16-18H2,1-3H3,(H,31,32). The molecule has 0 radical (unpaired) electrons. The minimum Gasteiger partial charge on any atom is -0.494 e. The Morgan fingerprint density at radius 2 is 1.87 bits per heavy atom. The normalized spacial score (nSPS) is 14.6. The van der Waals surface area contributed by atoms with Crippen molar-refractivity contribution in [1.29, 1.82) is 0 Å². The van der Waals surface area contributed by atoms with E-state index in [9.17, 15) is 13.2 Å². The first-order valence-electron chi connectivity index (χ1n) is 12.7. The van der Waals surface area contributed by atoms with Crippen molar-refractivity contribution in [3.05, 3.63) is 70.8 Å². The molecule has 9 heteroatoms. The molecule has 0 saturated heterocycles. The molecular formula is C29H33NO7S. The second kappa shape index (κ2) is 11.9. The summed E-state index contributed by atoms with van der Waals surface area (Å²) < 4.78 is 40.8. The van der Waals surface area contributed by atoms with Crippen LogP contribution in [0.2, 0.25) is 0 Å². The summed E-state index contributed by atoms with van der Waals surface area (Å²) in [5, 5.41) is 9.09. The van der Waals surface area contributed by atoms with E-state index in [1.54, 1.807) is 6.92 Å². The number of aromatic nitrogens is 1. The largest absolute Gasteiger partial charge is 0.494 e. The molecular weight excluding hydrogens is 506 g/mol. The van der Waals surface area contributed by atoms with Gasteiger partial charge in [0.1, 0.15) is 27.9 Å². The van der Waals surface area contributed by atoms with Crippen LogP contribution in [0.5, 0.6) is 17.4 Å². The van der Waals surface area contributed by atoms with Crippen molar-refractivity contribution < 1.29 is 32.5 Å². The summed E-state index contributed by atoms with van der Waals surface area (Å²) in [7, 11) is -2.99. The summed E-state index contributed by atoms with van der Waals surface area (Å²) in [4.78, 5) is 15.8. The number of rotatable bonds is 12. The van der Waals surface area contributed by atoms with E-state index in [1.165, 1.54) is 0 Å². The predicted octanol–water partition coefficient (Wildman–Crippen LogP) is 5.10. The van der Waals surface area contributed by atoms with E-state index in [2.05, 4.69) is 0 Å². The van der Waals surface area contributed by atoms with Crippen LogP contribution in [0.25, 0.3) is 11.3 Å². The van der Waals surface area contributed by atoms with Crippen molar-refractivity contribution in [3.63, 3.8) is 0 Å². The van der Waals surface area contributed by atoms with Crippen LogP contribution in [0.1, 0.15) is 47.9 Å². The maximum absolute atomic E-state index is 11.7. The fourth-order valence-corrected chi connectivity index (χ4v) is 5.45. The van der Waals surface area contributed by atoms with E-state index in [0.29, 0.717) is 43.6 Å². The summed E-state index contributed by atoms with van der Waals surface area (Å²) in [6.45, 7) is 6.65. The van der Waals surface area contributed by atoms with Gasteiger partial charge in [-0.05, 0) is 61.2 Å². The molecule has 1 N–H and O–H groups in total. The van der Waals surface area contributed by atoms with Gasteiger partial charge < -0.3 is 19.3 Å². The van der Waals surface area contributed by atoms with Crippen molar-refractivity contribution in [1.82, 2.24) is 4.98 Å². The highest BCUT2D eigenvalue weighted by atomic mass is 32.2. The smallest absolute Gasteiger partial charge is 0.304 e. The second-order valence-electron chi connectivity index (χ2n) is 9.50. The Hall–Kier alpha value is -3.59. The molecule has 2 aromatic carbocycles. The van der Waals surface area contributed by atoms with Crippen LogP contribution < -0.4 is 14.2 Å². The Bertz CT molecular complexity index is 1400. The number of pyridine rings is 1. The van der Waals surface area contributed by atoms with Crippen molar-refractivity contribution in [2.45, 2.75) is 46.1 Å². The van der Waals surface area contributed by atoms with Crippen molar-refractivity contribution >= 4 is 15.8 Å². The number of hydrogen-bond acceptors (Lipinski definition) is 7. The number of hydrogen-bond donors (Lipinski definition) is 1. The highest BCUT2D eigenvalue weighted by molar-refractivity contribution is 7.91. The topological polar surface area (TPSA) is 112 Å². The molecule has 0 saturated carbocycles. The lowest BCUT2D eigenvalue weighted by molar-refractivity contribution is -0.137. The van der Waals surface area contributed by atoms with Gasteiger partial charge in [0.15, 0.2) is 0 Å². The number of carbonyl (C=O) groups is 1. The zero-order chi connectivity index (χ0) is 27.3. The summed E-state index contributed by atoms with van der Waals surface area (Å²) >= 11 is 0. The van der Waals surface area contributed by atoms with Crippen LogP contribution in [-0.2, 0) is 21.2 Å². The van der Waals surface area contributed by atoms with E-state index >= 15 is 0 Å². The molecule has 38 heavy (non-hydrogen) atoms. The molecule has 0 aliphatic carbocycles. The Morgan fingerprint density at radius 3 is 2.58 bits per heavy atom. The first-order valence-corrected chi connectivity index (χ1v) is 14.5. The van der Waals surface area contributed by atoms with Crippen molar-refractivity contribution in [2.75, 3.05) is 24.7 Å². The highest BCUT2D eigenvalue weighted by Gasteiger charge is 2.26. The molecule has 0 bridgehead atoms. The van der Waals surface area contributed by atoms with Crippen LogP contribution in [0.4, 0.5) is 0 Å². The van der Waals surface area contributed by atoms with E-state index in [4.69, 9.17) is 24.3 Å². The maximum Gasteiger partial charge on any atom is 0.304 e. The fraction of sp³-hybridized carbons (Fsp3) is 0.379. The zero-order valence-electron chi connectivity index (χ0n) is 21.9. The number of carboxylic acid groups (broad SMARTS) is 1. The lowest BCUT2D eigenvalue weighted by Crippen LogP contribution is -2.12. The molecule has 0 spiro atoms. The number of ether oxygens (including phenoxy) is 3. The molecule has 1 aromatic heterocycles. The minimum atomic E-state index is -2.99. The molecule has 8 nitrogen and oxygen atoms in total. The average molecular weight is 540 g/mol. The second-order valence-corrected chi connectivity index (χ2v) is 12.0. The molecule has 202 valence electrons. The first kappa shape index (κ1) is 27.4. The Morgan fingerprint density at radius 1 is 1.11 bits per heavy atom. The van der Waals surface area contributed by atoms with E-state index < -0.39 is 15.8 Å². The Kier molecular flexibility index (Phi) is 8.56. The van der Waals surface area contributed by atoms with Gasteiger partial charge in [-0.2, -0.15) is 0 Å². The first-order chi connectivity index (χ1) is 18.1. The third kappa shape index (κ3) is 6.83. The van der Waals surface area contributed by atoms with E-state index in [-0.39, 0.29) is 23.8 Å². The molecule has 3 aromatic rings. The van der Waals surface area contributed by atoms with Crippen molar-refractivity contribution in [2.24, 2.45) is 0 Å².